The number of anilines is 1. The summed E-state index contributed by atoms with van der Waals surface area (Å²) in [4.78, 5) is 11.6. The van der Waals surface area contributed by atoms with Gasteiger partial charge in [-0.3, -0.25) is 9.00 Å². The number of hydrogen-bond acceptors (Lipinski definition) is 4. The minimum atomic E-state index is -5.90. The smallest absolute Gasteiger partial charge is 0.381 e. The van der Waals surface area contributed by atoms with Gasteiger partial charge in [-0.05, 0) is 41.5 Å². The Morgan fingerprint density at radius 1 is 0.800 bits per heavy atom. The Hall–Kier alpha value is -3.02. The van der Waals surface area contributed by atoms with Gasteiger partial charge in [0.2, 0.25) is 11.5 Å². The maximum absolute atomic E-state index is 13.9. The van der Waals surface area contributed by atoms with E-state index in [4.69, 9.17) is 0 Å². The highest BCUT2D eigenvalue weighted by Gasteiger charge is 2.56. The summed E-state index contributed by atoms with van der Waals surface area (Å²) in [5.41, 5.74) is -13.4. The van der Waals surface area contributed by atoms with Crippen LogP contribution < -0.4 is 10.6 Å². The number of carbonyl (C=O) groups excluding carboxylic acids is 1. The van der Waals surface area contributed by atoms with E-state index in [0.29, 0.717) is 0 Å². The molecule has 2 aromatic rings. The van der Waals surface area contributed by atoms with Crippen LogP contribution in [0.2, 0.25) is 0 Å². The number of aliphatic hydroxyl groups is 1. The van der Waals surface area contributed by atoms with Gasteiger partial charge in [0.15, 0.2) is 0 Å². The zero-order valence-corrected chi connectivity index (χ0v) is 20.6. The number of benzene rings is 2. The molecule has 18 heteroatoms. The van der Waals surface area contributed by atoms with Gasteiger partial charge in [-0.2, -0.15) is 52.7 Å². The molecule has 2 atom stereocenters. The van der Waals surface area contributed by atoms with Crippen LogP contribution in [0.15, 0.2) is 36.4 Å². The summed E-state index contributed by atoms with van der Waals surface area (Å²) < 4.78 is 172. The topological polar surface area (TPSA) is 78.4 Å². The third kappa shape index (κ3) is 8.25. The third-order valence-electron chi connectivity index (χ3n) is 5.31. The Morgan fingerprint density at radius 3 is 1.73 bits per heavy atom. The zero-order chi connectivity index (χ0) is 30.9. The standard InChI is InChI=1S/C22H18F12N2O3S/c1-40(39)9-17(37)35-8-11-2-3-15(7-16(11)21(29,30)31)36-10-18(38,22(32,33)34)12-4-13(19(23,24)25)6-14(5-12)20(26,27)28/h2-7,36,38H,8-10H2,1H3,(H,35,37)/t18-,40+/m1/s1. The first-order chi connectivity index (χ1) is 17.9. The summed E-state index contributed by atoms with van der Waals surface area (Å²) >= 11 is 0. The second kappa shape index (κ2) is 11.5. The first kappa shape index (κ1) is 33.2. The van der Waals surface area contributed by atoms with Gasteiger partial charge >= 0.3 is 24.7 Å². The average Bonchev–Trinajstić information content (AvgIpc) is 2.78. The molecule has 2 rings (SSSR count). The highest BCUT2D eigenvalue weighted by atomic mass is 32.2. The van der Waals surface area contributed by atoms with E-state index >= 15 is 0 Å². The highest BCUT2D eigenvalue weighted by molar-refractivity contribution is 7.85. The van der Waals surface area contributed by atoms with Gasteiger partial charge in [0.1, 0.15) is 5.75 Å². The lowest BCUT2D eigenvalue weighted by atomic mass is 9.89. The Bertz CT molecular complexity index is 1220. The maximum atomic E-state index is 13.9. The van der Waals surface area contributed by atoms with Crippen LogP contribution in [-0.2, 0) is 46.3 Å². The molecule has 0 radical (unpaired) electrons. The molecule has 2 aromatic carbocycles. The van der Waals surface area contributed by atoms with Crippen LogP contribution in [0.4, 0.5) is 58.4 Å². The molecule has 3 N–H and O–H groups in total. The van der Waals surface area contributed by atoms with Gasteiger partial charge in [0, 0.05) is 29.3 Å². The van der Waals surface area contributed by atoms with Crippen molar-refractivity contribution in [2.45, 2.75) is 36.9 Å². The molecule has 40 heavy (non-hydrogen) atoms. The van der Waals surface area contributed by atoms with E-state index in [2.05, 4.69) is 5.32 Å². The largest absolute Gasteiger partial charge is 0.423 e. The molecule has 0 saturated heterocycles. The quantitative estimate of drug-likeness (QED) is 0.337. The highest BCUT2D eigenvalue weighted by Crippen LogP contribution is 2.44. The molecule has 5 nitrogen and oxygen atoms in total. The molecule has 224 valence electrons. The minimum Gasteiger partial charge on any atom is -0.381 e. The Morgan fingerprint density at radius 2 is 1.30 bits per heavy atom. The van der Waals surface area contributed by atoms with Gasteiger partial charge < -0.3 is 15.7 Å². The Kier molecular flexibility index (Phi) is 9.51. The maximum Gasteiger partial charge on any atom is 0.423 e. The summed E-state index contributed by atoms with van der Waals surface area (Å²) in [5.74, 6) is -1.39. The van der Waals surface area contributed by atoms with Crippen LogP contribution in [0.25, 0.3) is 0 Å². The van der Waals surface area contributed by atoms with Crippen molar-refractivity contribution in [3.8, 4) is 0 Å². The molecule has 0 aromatic heterocycles. The molecule has 0 saturated carbocycles. The van der Waals surface area contributed by atoms with Crippen molar-refractivity contribution in [1.82, 2.24) is 5.32 Å². The lowest BCUT2D eigenvalue weighted by Gasteiger charge is -2.32. The van der Waals surface area contributed by atoms with Gasteiger partial charge in [-0.1, -0.05) is 6.07 Å². The van der Waals surface area contributed by atoms with Crippen LogP contribution in [-0.4, -0.2) is 40.0 Å². The van der Waals surface area contributed by atoms with Gasteiger partial charge in [0.05, 0.1) is 23.2 Å². The number of carbonyl (C=O) groups is 1. The van der Waals surface area contributed by atoms with Crippen LogP contribution in [0.5, 0.6) is 0 Å². The van der Waals surface area contributed by atoms with Crippen molar-refractivity contribution in [2.75, 3.05) is 23.9 Å². The summed E-state index contributed by atoms with van der Waals surface area (Å²) in [5, 5.41) is 14.2. The SMILES string of the molecule is C[S@](=O)CC(=O)NCc1ccc(NC[C@@](O)(c2cc(C(F)(F)F)cc(C(F)(F)F)c2)C(F)(F)F)cc1C(F)(F)F. The first-order valence-corrected chi connectivity index (χ1v) is 12.3. The van der Waals surface area contributed by atoms with Crippen molar-refractivity contribution < 1.29 is 66.8 Å². The first-order valence-electron chi connectivity index (χ1n) is 10.5. The molecule has 1 amide bonds. The second-order valence-corrected chi connectivity index (χ2v) is 9.81. The van der Waals surface area contributed by atoms with Crippen LogP contribution in [0.3, 0.4) is 0 Å². The molecule has 0 fully saturated rings. The zero-order valence-electron chi connectivity index (χ0n) is 19.8. The lowest BCUT2D eigenvalue weighted by molar-refractivity contribution is -0.261. The van der Waals surface area contributed by atoms with E-state index in [1.807, 2.05) is 0 Å². The fraction of sp³-hybridized carbons (Fsp3) is 0.409. The fourth-order valence-corrected chi connectivity index (χ4v) is 3.79. The van der Waals surface area contributed by atoms with E-state index in [1.165, 1.54) is 0 Å². The molecule has 0 unspecified atom stereocenters. The minimum absolute atomic E-state index is 0.267. The predicted octanol–water partition coefficient (Wildman–Crippen LogP) is 5.60. The monoisotopic (exact) mass is 618 g/mol. The predicted molar refractivity (Wildman–Crippen MR) is 117 cm³/mol. The summed E-state index contributed by atoms with van der Waals surface area (Å²) in [6, 6.07) is 0.621. The Labute approximate surface area is 220 Å². The summed E-state index contributed by atoms with van der Waals surface area (Å²) in [7, 11) is -1.61. The second-order valence-electron chi connectivity index (χ2n) is 8.37. The van der Waals surface area contributed by atoms with Crippen LogP contribution in [0, 0.1) is 0 Å². The molecule has 0 bridgehead atoms. The molecule has 0 aliphatic rings. The number of amides is 1. The van der Waals surface area contributed by atoms with E-state index < -0.39 is 105 Å². The fourth-order valence-electron chi connectivity index (χ4n) is 3.32. The number of hydrogen-bond donors (Lipinski definition) is 3. The molecule has 0 spiro atoms. The Balaban J connectivity index is 2.50. The van der Waals surface area contributed by atoms with Crippen molar-refractivity contribution in [1.29, 1.82) is 0 Å². The van der Waals surface area contributed by atoms with Gasteiger partial charge in [-0.15, -0.1) is 0 Å². The van der Waals surface area contributed by atoms with Crippen LogP contribution in [0.1, 0.15) is 27.8 Å². The van der Waals surface area contributed by atoms with E-state index in [0.717, 1.165) is 18.4 Å². The van der Waals surface area contributed by atoms with E-state index in [-0.39, 0.29) is 18.2 Å². The lowest BCUT2D eigenvalue weighted by Crippen LogP contribution is -2.48. The average molecular weight is 618 g/mol. The van der Waals surface area contributed by atoms with Crippen molar-refractivity contribution in [2.24, 2.45) is 0 Å². The van der Waals surface area contributed by atoms with E-state index in [1.54, 1.807) is 5.32 Å². The number of alkyl halides is 12. The third-order valence-corrected chi connectivity index (χ3v) is 5.98. The molecule has 0 aliphatic heterocycles. The number of nitrogens with one attached hydrogen (secondary N) is 2. The molecular formula is C22H18F12N2O3S. The molecule has 0 aliphatic carbocycles. The molecular weight excluding hydrogens is 600 g/mol. The van der Waals surface area contributed by atoms with Crippen molar-refractivity contribution in [3.05, 3.63) is 64.2 Å². The summed E-state index contributed by atoms with van der Waals surface area (Å²) in [6.07, 6.45) is -21.0. The molecule has 0 heterocycles. The normalized spacial score (nSPS) is 15.3. The van der Waals surface area contributed by atoms with Gasteiger partial charge in [0.25, 0.3) is 0 Å². The van der Waals surface area contributed by atoms with E-state index in [9.17, 15) is 66.8 Å². The van der Waals surface area contributed by atoms with Gasteiger partial charge in [-0.25, -0.2) is 0 Å². The van der Waals surface area contributed by atoms with Crippen LogP contribution >= 0.6 is 0 Å². The van der Waals surface area contributed by atoms with Crippen molar-refractivity contribution >= 4 is 22.4 Å². The van der Waals surface area contributed by atoms with Crippen molar-refractivity contribution in [3.63, 3.8) is 0 Å². The number of rotatable bonds is 8. The summed E-state index contributed by atoms with van der Waals surface area (Å²) in [6.45, 7) is -2.62. The number of halogens is 12.